The van der Waals surface area contributed by atoms with Gasteiger partial charge in [0.2, 0.25) is 5.89 Å². The molecule has 0 spiro atoms. The summed E-state index contributed by atoms with van der Waals surface area (Å²) in [6, 6.07) is 0.130. The minimum atomic E-state index is 0.130. The zero-order chi connectivity index (χ0) is 9.97. The molecule has 5 heteroatoms. The lowest BCUT2D eigenvalue weighted by Crippen LogP contribution is -2.13. The van der Waals surface area contributed by atoms with Crippen LogP contribution in [-0.2, 0) is 0 Å². The van der Waals surface area contributed by atoms with Crippen molar-refractivity contribution in [2.24, 2.45) is 0 Å². The largest absolute Gasteiger partial charge is 0.338 e. The summed E-state index contributed by atoms with van der Waals surface area (Å²) in [7, 11) is 1.88. The first-order chi connectivity index (χ1) is 6.81. The van der Waals surface area contributed by atoms with E-state index in [1.807, 2.05) is 14.0 Å². The first-order valence-electron chi connectivity index (χ1n) is 5.02. The Balaban J connectivity index is 2.08. The maximum atomic E-state index is 5.18. The van der Waals surface area contributed by atoms with Crippen LogP contribution < -0.4 is 10.6 Å². The van der Waals surface area contributed by atoms with E-state index in [0.717, 1.165) is 25.3 Å². The average Bonchev–Trinajstić information content (AvgIpc) is 2.86. The molecule has 78 valence electrons. The second-order valence-corrected chi connectivity index (χ2v) is 3.69. The zero-order valence-electron chi connectivity index (χ0n) is 8.58. The Labute approximate surface area is 83.3 Å². The van der Waals surface area contributed by atoms with Gasteiger partial charge in [-0.15, -0.1) is 0 Å². The number of aromatic nitrogens is 2. The van der Waals surface area contributed by atoms with E-state index in [1.165, 1.54) is 0 Å². The third-order valence-electron chi connectivity index (χ3n) is 2.69. The second-order valence-electron chi connectivity index (χ2n) is 3.69. The molecule has 0 bridgehead atoms. The van der Waals surface area contributed by atoms with E-state index in [-0.39, 0.29) is 6.04 Å². The van der Waals surface area contributed by atoms with Crippen molar-refractivity contribution in [1.29, 1.82) is 0 Å². The van der Waals surface area contributed by atoms with Gasteiger partial charge < -0.3 is 15.2 Å². The standard InChI is InChI=1S/C9H16N4O/c1-6(10-2)9-12-8(13-14-9)7-3-4-11-5-7/h6-7,10-11H,3-5H2,1-2H3. The average molecular weight is 196 g/mol. The van der Waals surface area contributed by atoms with E-state index < -0.39 is 0 Å². The van der Waals surface area contributed by atoms with Crippen LogP contribution in [-0.4, -0.2) is 30.3 Å². The molecule has 0 amide bonds. The lowest BCUT2D eigenvalue weighted by molar-refractivity contribution is 0.341. The summed E-state index contributed by atoms with van der Waals surface area (Å²) in [6.07, 6.45) is 1.10. The summed E-state index contributed by atoms with van der Waals surface area (Å²) in [5.74, 6) is 1.94. The number of nitrogens with zero attached hydrogens (tertiary/aromatic N) is 2. The Morgan fingerprint density at radius 1 is 1.64 bits per heavy atom. The first-order valence-corrected chi connectivity index (χ1v) is 5.02. The van der Waals surface area contributed by atoms with Gasteiger partial charge in [0.05, 0.1) is 6.04 Å². The van der Waals surface area contributed by atoms with Gasteiger partial charge in [0.1, 0.15) is 0 Å². The van der Waals surface area contributed by atoms with E-state index in [9.17, 15) is 0 Å². The van der Waals surface area contributed by atoms with Gasteiger partial charge in [-0.2, -0.15) is 4.98 Å². The Morgan fingerprint density at radius 2 is 2.50 bits per heavy atom. The molecule has 1 aromatic rings. The molecule has 2 unspecified atom stereocenters. The lowest BCUT2D eigenvalue weighted by Gasteiger charge is -2.02. The molecule has 1 aliphatic rings. The van der Waals surface area contributed by atoms with Crippen LogP contribution in [0, 0.1) is 0 Å². The topological polar surface area (TPSA) is 63.0 Å². The van der Waals surface area contributed by atoms with Crippen LogP contribution >= 0.6 is 0 Å². The molecule has 0 radical (unpaired) electrons. The Kier molecular flexibility index (Phi) is 2.79. The van der Waals surface area contributed by atoms with Crippen LogP contribution in [0.15, 0.2) is 4.52 Å². The molecule has 2 atom stereocenters. The molecule has 2 rings (SSSR count). The molecule has 14 heavy (non-hydrogen) atoms. The number of hydrogen-bond acceptors (Lipinski definition) is 5. The maximum absolute atomic E-state index is 5.18. The SMILES string of the molecule is CNC(C)c1nc(C2CCNC2)no1. The van der Waals surface area contributed by atoms with E-state index in [1.54, 1.807) is 0 Å². The fraction of sp³-hybridized carbons (Fsp3) is 0.778. The molecule has 2 heterocycles. The molecular formula is C9H16N4O. The molecule has 5 nitrogen and oxygen atoms in total. The van der Waals surface area contributed by atoms with Crippen molar-refractivity contribution in [3.05, 3.63) is 11.7 Å². The summed E-state index contributed by atoms with van der Waals surface area (Å²) in [5, 5.41) is 10.4. The van der Waals surface area contributed by atoms with Gasteiger partial charge in [0, 0.05) is 12.5 Å². The van der Waals surface area contributed by atoms with Gasteiger partial charge in [0.15, 0.2) is 5.82 Å². The maximum Gasteiger partial charge on any atom is 0.243 e. The summed E-state index contributed by atoms with van der Waals surface area (Å²) >= 11 is 0. The van der Waals surface area contributed by atoms with Crippen LogP contribution in [0.1, 0.15) is 37.0 Å². The monoisotopic (exact) mass is 196 g/mol. The lowest BCUT2D eigenvalue weighted by atomic mass is 10.1. The Bertz CT molecular complexity index is 293. The van der Waals surface area contributed by atoms with Gasteiger partial charge in [-0.1, -0.05) is 5.16 Å². The smallest absolute Gasteiger partial charge is 0.243 e. The van der Waals surface area contributed by atoms with E-state index in [0.29, 0.717) is 11.8 Å². The fourth-order valence-corrected chi connectivity index (χ4v) is 1.59. The molecular weight excluding hydrogens is 180 g/mol. The minimum absolute atomic E-state index is 0.130. The van der Waals surface area contributed by atoms with E-state index in [4.69, 9.17) is 4.52 Å². The van der Waals surface area contributed by atoms with Crippen molar-refractivity contribution < 1.29 is 4.52 Å². The van der Waals surface area contributed by atoms with Crippen LogP contribution in [0.4, 0.5) is 0 Å². The zero-order valence-corrected chi connectivity index (χ0v) is 8.58. The Morgan fingerprint density at radius 3 is 3.14 bits per heavy atom. The molecule has 2 N–H and O–H groups in total. The Hall–Kier alpha value is -0.940. The second kappa shape index (κ2) is 4.06. The highest BCUT2D eigenvalue weighted by molar-refractivity contribution is 5.00. The summed E-state index contributed by atoms with van der Waals surface area (Å²) in [6.45, 7) is 4.02. The highest BCUT2D eigenvalue weighted by atomic mass is 16.5. The van der Waals surface area contributed by atoms with Crippen LogP contribution in [0.5, 0.6) is 0 Å². The van der Waals surface area contributed by atoms with Gasteiger partial charge in [-0.3, -0.25) is 0 Å². The summed E-state index contributed by atoms with van der Waals surface area (Å²) in [4.78, 5) is 4.38. The molecule has 1 fully saturated rings. The van der Waals surface area contributed by atoms with Crippen molar-refractivity contribution in [2.45, 2.75) is 25.3 Å². The fourth-order valence-electron chi connectivity index (χ4n) is 1.59. The highest BCUT2D eigenvalue weighted by Crippen LogP contribution is 2.20. The predicted octanol–water partition coefficient (Wildman–Crippen LogP) is 0.427. The number of rotatable bonds is 3. The third kappa shape index (κ3) is 1.78. The first kappa shape index (κ1) is 9.61. The molecule has 1 aromatic heterocycles. The molecule has 0 aliphatic carbocycles. The van der Waals surface area contributed by atoms with Gasteiger partial charge in [0.25, 0.3) is 0 Å². The summed E-state index contributed by atoms with van der Waals surface area (Å²) in [5.41, 5.74) is 0. The normalized spacial score (nSPS) is 24.0. The third-order valence-corrected chi connectivity index (χ3v) is 2.69. The highest BCUT2D eigenvalue weighted by Gasteiger charge is 2.23. The van der Waals surface area contributed by atoms with E-state index >= 15 is 0 Å². The van der Waals surface area contributed by atoms with Crippen molar-refractivity contribution in [2.75, 3.05) is 20.1 Å². The number of hydrogen-bond donors (Lipinski definition) is 2. The van der Waals surface area contributed by atoms with Crippen molar-refractivity contribution in [3.8, 4) is 0 Å². The van der Waals surface area contributed by atoms with Crippen LogP contribution in [0.2, 0.25) is 0 Å². The van der Waals surface area contributed by atoms with Crippen LogP contribution in [0.25, 0.3) is 0 Å². The molecule has 1 aliphatic heterocycles. The predicted molar refractivity (Wildman–Crippen MR) is 52.0 cm³/mol. The van der Waals surface area contributed by atoms with Crippen molar-refractivity contribution in [1.82, 2.24) is 20.8 Å². The minimum Gasteiger partial charge on any atom is -0.338 e. The van der Waals surface area contributed by atoms with Crippen molar-refractivity contribution >= 4 is 0 Å². The number of nitrogens with one attached hydrogen (secondary N) is 2. The van der Waals surface area contributed by atoms with Crippen LogP contribution in [0.3, 0.4) is 0 Å². The molecule has 0 saturated carbocycles. The molecule has 0 aromatic carbocycles. The van der Waals surface area contributed by atoms with Gasteiger partial charge in [-0.25, -0.2) is 0 Å². The van der Waals surface area contributed by atoms with Gasteiger partial charge in [-0.05, 0) is 26.9 Å². The molecule has 1 saturated heterocycles. The van der Waals surface area contributed by atoms with E-state index in [2.05, 4.69) is 20.8 Å². The summed E-state index contributed by atoms with van der Waals surface area (Å²) < 4.78 is 5.18. The van der Waals surface area contributed by atoms with Crippen molar-refractivity contribution in [3.63, 3.8) is 0 Å². The van der Waals surface area contributed by atoms with Gasteiger partial charge >= 0.3 is 0 Å². The quantitative estimate of drug-likeness (QED) is 0.734.